The fraction of sp³-hybridized carbons (Fsp3) is 0.235. The Kier molecular flexibility index (Phi) is 8.79. The number of carbonyl (C=O) groups excluding carboxylic acids is 3. The molecule has 3 amide bonds. The van der Waals surface area contributed by atoms with Crippen LogP contribution in [0, 0.1) is 0 Å². The van der Waals surface area contributed by atoms with Crippen LogP contribution in [0.15, 0.2) is 90.1 Å². The monoisotopic (exact) mass is 608 g/mol. The molecule has 0 radical (unpaired) electrons. The molecule has 0 aliphatic carbocycles. The van der Waals surface area contributed by atoms with Crippen LogP contribution in [0.5, 0.6) is 17.2 Å². The number of rotatable bonds is 4. The summed E-state index contributed by atoms with van der Waals surface area (Å²) >= 11 is 1.41. The molecule has 0 spiro atoms. The zero-order valence-corrected chi connectivity index (χ0v) is 25.1. The highest BCUT2D eigenvalue weighted by Gasteiger charge is 2.33. The summed E-state index contributed by atoms with van der Waals surface area (Å²) in [7, 11) is 0. The Morgan fingerprint density at radius 3 is 2.80 bits per heavy atom. The number of aromatic nitrogens is 1. The Bertz CT molecular complexity index is 1710. The lowest BCUT2D eigenvalue weighted by Crippen LogP contribution is -2.41. The summed E-state index contributed by atoms with van der Waals surface area (Å²) < 4.78 is 12.2. The third kappa shape index (κ3) is 6.70. The van der Waals surface area contributed by atoms with E-state index < -0.39 is 0 Å². The highest BCUT2D eigenvalue weighted by Crippen LogP contribution is 2.39. The molecule has 8 bridgehead atoms. The minimum Gasteiger partial charge on any atom is -0.494 e. The van der Waals surface area contributed by atoms with E-state index in [4.69, 9.17) is 9.47 Å². The molecule has 1 unspecified atom stereocenters. The molecule has 7 rings (SSSR count). The first-order valence-corrected chi connectivity index (χ1v) is 15.5. The van der Waals surface area contributed by atoms with Crippen LogP contribution in [-0.4, -0.2) is 53.1 Å². The molecule has 0 fully saturated rings. The van der Waals surface area contributed by atoms with Crippen molar-refractivity contribution in [3.63, 3.8) is 0 Å². The standard InChI is InChI=1S/C34H32N4O5S/c1-22(39)37-30-8-2-3-9-31(30)44-21-32(40)38-14-12-23-16-27-10-11-29(23)33(38)24-6-4-7-26(17-24)42-15-5-13-36-34(41)25-18-28(43-27)20-35-19-25/h2-4,6-11,16-20,33H,5,12-15,21H2,1H3,(H,36,41)(H,37,39). The van der Waals surface area contributed by atoms with Crippen molar-refractivity contribution >= 4 is 35.2 Å². The minimum atomic E-state index is -0.321. The van der Waals surface area contributed by atoms with Gasteiger partial charge in [0.05, 0.1) is 35.8 Å². The molecule has 10 heteroatoms. The van der Waals surface area contributed by atoms with Crippen molar-refractivity contribution in [3.05, 3.63) is 107 Å². The number of fused-ring (bicyclic) bond motifs is 6. The van der Waals surface area contributed by atoms with E-state index in [1.165, 1.54) is 24.9 Å². The van der Waals surface area contributed by atoms with Crippen LogP contribution in [0.4, 0.5) is 5.69 Å². The topological polar surface area (TPSA) is 110 Å². The van der Waals surface area contributed by atoms with Crippen molar-refractivity contribution in [1.29, 1.82) is 0 Å². The lowest BCUT2D eigenvalue weighted by Gasteiger charge is -2.38. The highest BCUT2D eigenvalue weighted by atomic mass is 32.2. The van der Waals surface area contributed by atoms with Gasteiger partial charge in [-0.15, -0.1) is 11.8 Å². The van der Waals surface area contributed by atoms with E-state index in [0.29, 0.717) is 61.0 Å². The molecule has 224 valence electrons. The van der Waals surface area contributed by atoms with E-state index in [1.54, 1.807) is 12.3 Å². The molecule has 3 aromatic carbocycles. The fourth-order valence-corrected chi connectivity index (χ4v) is 6.37. The van der Waals surface area contributed by atoms with Crippen molar-refractivity contribution in [2.45, 2.75) is 30.7 Å². The predicted molar refractivity (Wildman–Crippen MR) is 168 cm³/mol. The van der Waals surface area contributed by atoms with Crippen molar-refractivity contribution in [3.8, 4) is 17.2 Å². The molecule has 3 aliphatic rings. The largest absolute Gasteiger partial charge is 0.494 e. The number of hydrogen-bond acceptors (Lipinski definition) is 7. The average Bonchev–Trinajstić information content (AvgIpc) is 3.03. The van der Waals surface area contributed by atoms with Gasteiger partial charge in [-0.25, -0.2) is 0 Å². The molecule has 4 aromatic rings. The Hall–Kier alpha value is -4.83. The maximum atomic E-state index is 13.9. The van der Waals surface area contributed by atoms with Gasteiger partial charge in [-0.3, -0.25) is 19.4 Å². The number of carbonyl (C=O) groups is 3. The van der Waals surface area contributed by atoms with Gasteiger partial charge in [0.25, 0.3) is 5.91 Å². The quantitative estimate of drug-likeness (QED) is 0.290. The molecular weight excluding hydrogens is 576 g/mol. The second kappa shape index (κ2) is 13.2. The Balaban J connectivity index is 1.33. The summed E-state index contributed by atoms with van der Waals surface area (Å²) in [5, 5.41) is 5.75. The van der Waals surface area contributed by atoms with Gasteiger partial charge in [-0.05, 0) is 72.0 Å². The van der Waals surface area contributed by atoms with Crippen LogP contribution < -0.4 is 20.1 Å². The maximum absolute atomic E-state index is 13.9. The molecule has 1 atom stereocenters. The molecule has 44 heavy (non-hydrogen) atoms. The summed E-state index contributed by atoms with van der Waals surface area (Å²) in [6.07, 6.45) is 4.37. The molecule has 0 saturated heterocycles. The molecule has 0 saturated carbocycles. The molecule has 2 N–H and O–H groups in total. The molecule has 4 heterocycles. The highest BCUT2D eigenvalue weighted by molar-refractivity contribution is 8.00. The molecular formula is C34H32N4O5S. The summed E-state index contributed by atoms with van der Waals surface area (Å²) in [6, 6.07) is 22.6. The number of anilines is 1. The number of pyridine rings is 1. The lowest BCUT2D eigenvalue weighted by molar-refractivity contribution is -0.130. The second-order valence-electron chi connectivity index (χ2n) is 10.6. The van der Waals surface area contributed by atoms with Gasteiger partial charge in [0.15, 0.2) is 0 Å². The summed E-state index contributed by atoms with van der Waals surface area (Å²) in [6.45, 7) is 2.86. The van der Waals surface area contributed by atoms with Crippen molar-refractivity contribution in [1.82, 2.24) is 15.2 Å². The number of para-hydroxylation sites is 1. The fourth-order valence-electron chi connectivity index (χ4n) is 5.48. The summed E-state index contributed by atoms with van der Waals surface area (Å²) in [5.74, 6) is 1.63. The second-order valence-corrected chi connectivity index (χ2v) is 11.6. The van der Waals surface area contributed by atoms with E-state index in [2.05, 4.69) is 15.6 Å². The van der Waals surface area contributed by atoms with Crippen LogP contribution >= 0.6 is 11.8 Å². The molecule has 9 nitrogen and oxygen atoms in total. The first-order chi connectivity index (χ1) is 21.4. The number of benzene rings is 3. The van der Waals surface area contributed by atoms with E-state index in [0.717, 1.165) is 21.6 Å². The van der Waals surface area contributed by atoms with Gasteiger partial charge < -0.3 is 25.0 Å². The van der Waals surface area contributed by atoms with Gasteiger partial charge >= 0.3 is 0 Å². The van der Waals surface area contributed by atoms with Crippen LogP contribution in [0.3, 0.4) is 0 Å². The van der Waals surface area contributed by atoms with Crippen LogP contribution in [-0.2, 0) is 16.0 Å². The molecule has 1 aromatic heterocycles. The number of nitrogens with zero attached hydrogens (tertiary/aromatic N) is 2. The van der Waals surface area contributed by atoms with Gasteiger partial charge in [-0.2, -0.15) is 0 Å². The van der Waals surface area contributed by atoms with Crippen molar-refractivity contribution in [2.75, 3.05) is 30.8 Å². The van der Waals surface area contributed by atoms with Crippen LogP contribution in [0.1, 0.15) is 46.4 Å². The van der Waals surface area contributed by atoms with Gasteiger partial charge in [-0.1, -0.05) is 30.3 Å². The number of hydrogen-bond donors (Lipinski definition) is 2. The predicted octanol–water partition coefficient (Wildman–Crippen LogP) is 5.61. The van der Waals surface area contributed by atoms with E-state index in [-0.39, 0.29) is 29.5 Å². The number of thioether (sulfide) groups is 1. The van der Waals surface area contributed by atoms with E-state index in [1.807, 2.05) is 71.6 Å². The summed E-state index contributed by atoms with van der Waals surface area (Å²) in [5.41, 5.74) is 4.15. The van der Waals surface area contributed by atoms with Crippen molar-refractivity contribution in [2.24, 2.45) is 0 Å². The first-order valence-electron chi connectivity index (χ1n) is 14.5. The van der Waals surface area contributed by atoms with Crippen LogP contribution in [0.25, 0.3) is 0 Å². The minimum absolute atomic E-state index is 0.00398. The maximum Gasteiger partial charge on any atom is 0.252 e. The van der Waals surface area contributed by atoms with E-state index >= 15 is 0 Å². The summed E-state index contributed by atoms with van der Waals surface area (Å²) in [4.78, 5) is 45.2. The Morgan fingerprint density at radius 2 is 1.91 bits per heavy atom. The third-order valence-corrected chi connectivity index (χ3v) is 8.53. The first kappa shape index (κ1) is 29.3. The van der Waals surface area contributed by atoms with Crippen LogP contribution in [0.2, 0.25) is 0 Å². The number of ether oxygens (including phenoxy) is 2. The van der Waals surface area contributed by atoms with Crippen molar-refractivity contribution < 1.29 is 23.9 Å². The third-order valence-electron chi connectivity index (χ3n) is 7.47. The van der Waals surface area contributed by atoms with E-state index in [9.17, 15) is 14.4 Å². The Morgan fingerprint density at radius 1 is 1.02 bits per heavy atom. The molecule has 3 aliphatic heterocycles. The number of amides is 3. The zero-order chi connectivity index (χ0) is 30.5. The van der Waals surface area contributed by atoms with Gasteiger partial charge in [0.2, 0.25) is 11.8 Å². The number of nitrogens with one attached hydrogen (secondary N) is 2. The zero-order valence-electron chi connectivity index (χ0n) is 24.2. The smallest absolute Gasteiger partial charge is 0.252 e. The average molecular weight is 609 g/mol. The van der Waals surface area contributed by atoms with Gasteiger partial charge in [0.1, 0.15) is 17.2 Å². The van der Waals surface area contributed by atoms with Gasteiger partial charge in [0, 0.05) is 31.1 Å². The Labute approximate surface area is 260 Å². The normalized spacial score (nSPS) is 16.1. The lowest BCUT2D eigenvalue weighted by atomic mass is 9.88. The SMILES string of the molecule is CC(=O)Nc1ccccc1SCC(=O)N1CCc2cc3ccc2C1c1cccc(c1)OCCCNC(=O)c1cncc(c1)O3.